The lowest BCUT2D eigenvalue weighted by Gasteiger charge is -2.14. The van der Waals surface area contributed by atoms with Gasteiger partial charge in [0, 0.05) is 12.5 Å². The lowest BCUT2D eigenvalue weighted by molar-refractivity contribution is 0.414. The lowest BCUT2D eigenvalue weighted by Crippen LogP contribution is -2.19. The molecule has 1 aromatic carbocycles. The first-order valence-electron chi connectivity index (χ1n) is 5.52. The number of methoxy groups -OCH3 is 1. The summed E-state index contributed by atoms with van der Waals surface area (Å²) < 4.78 is 5.11. The first-order chi connectivity index (χ1) is 7.77. The summed E-state index contributed by atoms with van der Waals surface area (Å²) in [5.74, 6) is 0.875. The van der Waals surface area contributed by atoms with E-state index in [9.17, 15) is 0 Å². The molecule has 0 saturated heterocycles. The van der Waals surface area contributed by atoms with Crippen molar-refractivity contribution in [1.29, 1.82) is 5.26 Å². The van der Waals surface area contributed by atoms with E-state index in [4.69, 9.17) is 10.00 Å². The first kappa shape index (κ1) is 12.5. The maximum absolute atomic E-state index is 8.41. The van der Waals surface area contributed by atoms with E-state index in [1.807, 2.05) is 12.1 Å². The molecule has 0 aliphatic rings. The molecule has 0 unspecified atom stereocenters. The van der Waals surface area contributed by atoms with Gasteiger partial charge in [-0.05, 0) is 37.6 Å². The van der Waals surface area contributed by atoms with Gasteiger partial charge in [0.2, 0.25) is 0 Å². The highest BCUT2D eigenvalue weighted by molar-refractivity contribution is 5.28. The van der Waals surface area contributed by atoms with Crippen LogP contribution in [0.25, 0.3) is 0 Å². The van der Waals surface area contributed by atoms with Gasteiger partial charge in [0.05, 0.1) is 13.2 Å². The van der Waals surface area contributed by atoms with Crippen molar-refractivity contribution in [3.05, 3.63) is 29.8 Å². The smallest absolute Gasteiger partial charge is 0.118 e. The highest BCUT2D eigenvalue weighted by Gasteiger charge is 2.03. The van der Waals surface area contributed by atoms with Gasteiger partial charge >= 0.3 is 0 Å². The number of nitriles is 1. The van der Waals surface area contributed by atoms with Gasteiger partial charge in [-0.25, -0.2) is 0 Å². The topological polar surface area (TPSA) is 45.0 Å². The Bertz CT molecular complexity index is 340. The van der Waals surface area contributed by atoms with E-state index < -0.39 is 0 Å². The molecule has 0 amide bonds. The molecule has 1 N–H and O–H groups in total. The van der Waals surface area contributed by atoms with Crippen LogP contribution in [0, 0.1) is 11.3 Å². The molecule has 0 radical (unpaired) electrons. The van der Waals surface area contributed by atoms with Gasteiger partial charge in [-0.1, -0.05) is 12.1 Å². The van der Waals surface area contributed by atoms with Gasteiger partial charge in [0.15, 0.2) is 0 Å². The molecule has 86 valence electrons. The van der Waals surface area contributed by atoms with E-state index in [0.717, 1.165) is 18.7 Å². The molecule has 1 aromatic rings. The predicted molar refractivity (Wildman–Crippen MR) is 64.3 cm³/mol. The highest BCUT2D eigenvalue weighted by Crippen LogP contribution is 2.16. The molecular weight excluding hydrogens is 200 g/mol. The van der Waals surface area contributed by atoms with Gasteiger partial charge in [0.1, 0.15) is 5.75 Å². The molecule has 3 nitrogen and oxygen atoms in total. The third-order valence-electron chi connectivity index (χ3n) is 2.53. The fourth-order valence-corrected chi connectivity index (χ4v) is 1.50. The number of unbranched alkanes of at least 4 members (excludes halogenated alkanes) is 1. The van der Waals surface area contributed by atoms with Crippen molar-refractivity contribution in [2.75, 3.05) is 13.7 Å². The second-order valence-corrected chi connectivity index (χ2v) is 3.71. The number of hydrogen-bond acceptors (Lipinski definition) is 3. The summed E-state index contributed by atoms with van der Waals surface area (Å²) in [6.07, 6.45) is 1.51. The Kier molecular flexibility index (Phi) is 5.38. The zero-order chi connectivity index (χ0) is 11.8. The fraction of sp³-hybridized carbons (Fsp3) is 0.462. The Labute approximate surface area is 97.0 Å². The summed E-state index contributed by atoms with van der Waals surface area (Å²) in [4.78, 5) is 0. The molecule has 0 bridgehead atoms. The monoisotopic (exact) mass is 218 g/mol. The Balaban J connectivity index is 2.40. The van der Waals surface area contributed by atoms with Gasteiger partial charge in [-0.3, -0.25) is 0 Å². The van der Waals surface area contributed by atoms with Crippen LogP contribution in [0.3, 0.4) is 0 Å². The normalized spacial score (nSPS) is 11.8. The lowest BCUT2D eigenvalue weighted by atomic mass is 10.1. The van der Waals surface area contributed by atoms with Crippen LogP contribution in [0.5, 0.6) is 5.75 Å². The van der Waals surface area contributed by atoms with Crippen molar-refractivity contribution in [3.8, 4) is 11.8 Å². The second kappa shape index (κ2) is 6.86. The number of nitrogens with one attached hydrogen (secondary N) is 1. The predicted octanol–water partition coefficient (Wildman–Crippen LogP) is 2.65. The quantitative estimate of drug-likeness (QED) is 0.746. The highest BCUT2D eigenvalue weighted by atomic mass is 16.5. The molecule has 0 aliphatic carbocycles. The average Bonchev–Trinajstić information content (AvgIpc) is 2.34. The summed E-state index contributed by atoms with van der Waals surface area (Å²) in [5, 5.41) is 11.8. The summed E-state index contributed by atoms with van der Waals surface area (Å²) in [7, 11) is 1.67. The second-order valence-electron chi connectivity index (χ2n) is 3.71. The van der Waals surface area contributed by atoms with Crippen molar-refractivity contribution in [2.45, 2.75) is 25.8 Å². The van der Waals surface area contributed by atoms with E-state index in [1.165, 1.54) is 5.56 Å². The average molecular weight is 218 g/mol. The molecule has 0 heterocycles. The van der Waals surface area contributed by atoms with E-state index >= 15 is 0 Å². The number of ether oxygens (including phenoxy) is 1. The zero-order valence-corrected chi connectivity index (χ0v) is 9.86. The van der Waals surface area contributed by atoms with Crippen LogP contribution < -0.4 is 10.1 Å². The molecular formula is C13H18N2O. The van der Waals surface area contributed by atoms with Crippen LogP contribution in [0.4, 0.5) is 0 Å². The van der Waals surface area contributed by atoms with Crippen LogP contribution in [-0.2, 0) is 0 Å². The minimum atomic E-state index is 0.310. The maximum Gasteiger partial charge on any atom is 0.118 e. The van der Waals surface area contributed by atoms with Crippen LogP contribution in [0.1, 0.15) is 31.4 Å². The molecule has 0 aromatic heterocycles. The van der Waals surface area contributed by atoms with E-state index in [-0.39, 0.29) is 0 Å². The summed E-state index contributed by atoms with van der Waals surface area (Å²) >= 11 is 0. The number of benzene rings is 1. The van der Waals surface area contributed by atoms with Gasteiger partial charge < -0.3 is 10.1 Å². The first-order valence-corrected chi connectivity index (χ1v) is 5.52. The summed E-state index contributed by atoms with van der Waals surface area (Å²) in [6.45, 7) is 2.99. The van der Waals surface area contributed by atoms with E-state index in [1.54, 1.807) is 7.11 Å². The van der Waals surface area contributed by atoms with Crippen molar-refractivity contribution < 1.29 is 4.74 Å². The van der Waals surface area contributed by atoms with Crippen LogP contribution in [-0.4, -0.2) is 13.7 Å². The van der Waals surface area contributed by atoms with E-state index in [2.05, 4.69) is 30.4 Å². The van der Waals surface area contributed by atoms with E-state index in [0.29, 0.717) is 12.5 Å². The van der Waals surface area contributed by atoms with Crippen molar-refractivity contribution in [3.63, 3.8) is 0 Å². The number of hydrogen-bond donors (Lipinski definition) is 1. The summed E-state index contributed by atoms with van der Waals surface area (Å²) in [6, 6.07) is 10.5. The number of rotatable bonds is 6. The fourth-order valence-electron chi connectivity index (χ4n) is 1.50. The Morgan fingerprint density at radius 1 is 1.38 bits per heavy atom. The molecule has 1 rings (SSSR count). The minimum Gasteiger partial charge on any atom is -0.497 e. The SMILES string of the molecule is COc1ccc([C@@H](C)NCCCC#N)cc1. The molecule has 1 atom stereocenters. The largest absolute Gasteiger partial charge is 0.497 e. The molecule has 3 heteroatoms. The molecule has 0 fully saturated rings. The van der Waals surface area contributed by atoms with Crippen LogP contribution in [0.15, 0.2) is 24.3 Å². The third-order valence-corrected chi connectivity index (χ3v) is 2.53. The zero-order valence-electron chi connectivity index (χ0n) is 9.86. The molecule has 0 aliphatic heterocycles. The standard InChI is InChI=1S/C13H18N2O/c1-11(15-10-4-3-9-14)12-5-7-13(16-2)8-6-12/h5-8,11,15H,3-4,10H2,1-2H3/t11-/m1/s1. The molecule has 0 saturated carbocycles. The minimum absolute atomic E-state index is 0.310. The Morgan fingerprint density at radius 3 is 2.62 bits per heavy atom. The van der Waals surface area contributed by atoms with Gasteiger partial charge in [-0.2, -0.15) is 5.26 Å². The summed E-state index contributed by atoms with van der Waals surface area (Å²) in [5.41, 5.74) is 1.23. The Morgan fingerprint density at radius 2 is 2.06 bits per heavy atom. The van der Waals surface area contributed by atoms with Crippen LogP contribution >= 0.6 is 0 Å². The van der Waals surface area contributed by atoms with Gasteiger partial charge in [0.25, 0.3) is 0 Å². The maximum atomic E-state index is 8.41. The van der Waals surface area contributed by atoms with Gasteiger partial charge in [-0.15, -0.1) is 0 Å². The van der Waals surface area contributed by atoms with Crippen LogP contribution in [0.2, 0.25) is 0 Å². The molecule has 0 spiro atoms. The third kappa shape index (κ3) is 3.92. The molecule has 16 heavy (non-hydrogen) atoms. The number of nitrogens with zero attached hydrogens (tertiary/aromatic N) is 1. The van der Waals surface area contributed by atoms with Crippen molar-refractivity contribution in [1.82, 2.24) is 5.32 Å². The van der Waals surface area contributed by atoms with Crippen molar-refractivity contribution >= 4 is 0 Å². The Hall–Kier alpha value is -1.53. The van der Waals surface area contributed by atoms with Crippen molar-refractivity contribution in [2.24, 2.45) is 0 Å².